The number of hydrogen-bond donors (Lipinski definition) is 1. The highest BCUT2D eigenvalue weighted by molar-refractivity contribution is 7.92. The molecule has 2 aromatic carbocycles. The fourth-order valence-corrected chi connectivity index (χ4v) is 3.84. The molecule has 0 saturated heterocycles. The Balaban J connectivity index is 2.10. The van der Waals surface area contributed by atoms with Gasteiger partial charge in [-0.25, -0.2) is 21.6 Å². The maximum Gasteiger partial charge on any atom is 0.338 e. The molecule has 0 spiro atoms. The fourth-order valence-electron chi connectivity index (χ4n) is 2.15. The molecule has 0 heterocycles. The van der Waals surface area contributed by atoms with Crippen LogP contribution in [0.4, 0.5) is 5.69 Å². The van der Waals surface area contributed by atoms with Crippen LogP contribution in [0.2, 0.25) is 0 Å². The van der Waals surface area contributed by atoms with Gasteiger partial charge in [0.25, 0.3) is 10.0 Å². The molecule has 0 aliphatic carbocycles. The maximum atomic E-state index is 12.4. The number of esters is 1. The summed E-state index contributed by atoms with van der Waals surface area (Å²) < 4.78 is 55.2. The number of carbonyl (C=O) groups is 1. The molecule has 0 fully saturated rings. The van der Waals surface area contributed by atoms with E-state index < -0.39 is 25.8 Å². The van der Waals surface area contributed by atoms with E-state index in [1.165, 1.54) is 48.5 Å². The van der Waals surface area contributed by atoms with Gasteiger partial charge in [-0.3, -0.25) is 4.72 Å². The van der Waals surface area contributed by atoms with Gasteiger partial charge >= 0.3 is 5.97 Å². The zero-order valence-electron chi connectivity index (χ0n) is 15.0. The first-order valence-electron chi connectivity index (χ1n) is 8.23. The van der Waals surface area contributed by atoms with E-state index >= 15 is 0 Å². The van der Waals surface area contributed by atoms with Crippen LogP contribution in [0.1, 0.15) is 30.1 Å². The zero-order chi connectivity index (χ0) is 20.1. The van der Waals surface area contributed by atoms with Crippen LogP contribution in [0.5, 0.6) is 0 Å². The van der Waals surface area contributed by atoms with E-state index in [1.807, 2.05) is 6.92 Å². The minimum atomic E-state index is -3.89. The molecule has 0 amide bonds. The normalized spacial score (nSPS) is 11.8. The number of anilines is 1. The molecule has 0 aliphatic heterocycles. The summed E-state index contributed by atoms with van der Waals surface area (Å²) in [5, 5.41) is 0. The van der Waals surface area contributed by atoms with Crippen LogP contribution in [-0.4, -0.2) is 35.7 Å². The van der Waals surface area contributed by atoms with Gasteiger partial charge in [0, 0.05) is 11.9 Å². The topological polar surface area (TPSA) is 107 Å². The first-order chi connectivity index (χ1) is 12.6. The highest BCUT2D eigenvalue weighted by atomic mass is 32.2. The number of hydrogen-bond acceptors (Lipinski definition) is 6. The SMILES string of the molecule is CCCCOC(=O)c1ccc(NS(=O)(=O)c2ccc(S(C)(=O)=O)cc2)cc1. The Bertz CT molecular complexity index is 995. The van der Waals surface area contributed by atoms with Crippen LogP contribution >= 0.6 is 0 Å². The summed E-state index contributed by atoms with van der Waals surface area (Å²) in [6, 6.07) is 10.8. The molecular formula is C18H21NO6S2. The molecule has 2 aromatic rings. The molecule has 0 bridgehead atoms. The smallest absolute Gasteiger partial charge is 0.338 e. The number of sulfone groups is 1. The number of nitrogens with one attached hydrogen (secondary N) is 1. The predicted molar refractivity (Wildman–Crippen MR) is 102 cm³/mol. The van der Waals surface area contributed by atoms with Gasteiger partial charge in [0.15, 0.2) is 9.84 Å². The average Bonchev–Trinajstić information content (AvgIpc) is 2.61. The lowest BCUT2D eigenvalue weighted by molar-refractivity contribution is 0.0499. The Morgan fingerprint density at radius 3 is 2.00 bits per heavy atom. The Hall–Kier alpha value is -2.39. The van der Waals surface area contributed by atoms with Gasteiger partial charge in [0.2, 0.25) is 0 Å². The highest BCUT2D eigenvalue weighted by Gasteiger charge is 2.16. The number of unbranched alkanes of at least 4 members (excludes halogenated alkanes) is 1. The van der Waals surface area contributed by atoms with Crippen molar-refractivity contribution in [1.29, 1.82) is 0 Å². The molecule has 7 nitrogen and oxygen atoms in total. The Labute approximate surface area is 159 Å². The highest BCUT2D eigenvalue weighted by Crippen LogP contribution is 2.19. The number of rotatable bonds is 8. The predicted octanol–water partition coefficient (Wildman–Crippen LogP) is 2.85. The first kappa shape index (κ1) is 20.9. The van der Waals surface area contributed by atoms with Gasteiger partial charge in [-0.05, 0) is 55.0 Å². The molecule has 0 unspecified atom stereocenters. The van der Waals surface area contributed by atoms with Crippen molar-refractivity contribution in [2.75, 3.05) is 17.6 Å². The van der Waals surface area contributed by atoms with E-state index in [0.717, 1.165) is 19.1 Å². The number of benzene rings is 2. The molecule has 0 radical (unpaired) electrons. The van der Waals surface area contributed by atoms with Gasteiger partial charge in [0.1, 0.15) is 0 Å². The van der Waals surface area contributed by atoms with Crippen LogP contribution in [0, 0.1) is 0 Å². The van der Waals surface area contributed by atoms with Gasteiger partial charge in [0.05, 0.1) is 22.0 Å². The summed E-state index contributed by atoms with van der Waals surface area (Å²) in [6.45, 7) is 2.33. The van der Waals surface area contributed by atoms with Crippen molar-refractivity contribution in [3.05, 3.63) is 54.1 Å². The van der Waals surface area contributed by atoms with Crippen LogP contribution < -0.4 is 4.72 Å². The monoisotopic (exact) mass is 411 g/mol. The molecular weight excluding hydrogens is 390 g/mol. The summed E-state index contributed by atoms with van der Waals surface area (Å²) in [5.74, 6) is -0.464. The van der Waals surface area contributed by atoms with Crippen molar-refractivity contribution in [2.24, 2.45) is 0 Å². The van der Waals surface area contributed by atoms with Crippen LogP contribution in [0.15, 0.2) is 58.3 Å². The molecule has 0 aromatic heterocycles. The standard InChI is InChI=1S/C18H21NO6S2/c1-3-4-13-25-18(20)14-5-7-15(8-6-14)19-27(23,24)17-11-9-16(10-12-17)26(2,21)22/h5-12,19H,3-4,13H2,1-2H3. The number of sulfonamides is 1. The van der Waals surface area contributed by atoms with Crippen LogP contribution in [0.25, 0.3) is 0 Å². The van der Waals surface area contributed by atoms with E-state index in [0.29, 0.717) is 12.2 Å². The lowest BCUT2D eigenvalue weighted by atomic mass is 10.2. The molecule has 0 aliphatic rings. The molecule has 2 rings (SSSR count). The second-order valence-corrected chi connectivity index (χ2v) is 9.61. The van der Waals surface area contributed by atoms with Crippen molar-refractivity contribution < 1.29 is 26.4 Å². The second kappa shape index (κ2) is 8.53. The molecule has 146 valence electrons. The minimum absolute atomic E-state index is 0.0346. The van der Waals surface area contributed by atoms with Crippen molar-refractivity contribution in [3.8, 4) is 0 Å². The van der Waals surface area contributed by atoms with E-state index in [9.17, 15) is 21.6 Å². The molecule has 1 N–H and O–H groups in total. The third-order valence-corrected chi connectivity index (χ3v) is 6.19. The molecule has 9 heteroatoms. The largest absolute Gasteiger partial charge is 0.462 e. The van der Waals surface area contributed by atoms with E-state index in [2.05, 4.69) is 4.72 Å². The fraction of sp³-hybridized carbons (Fsp3) is 0.278. The summed E-state index contributed by atoms with van der Waals surface area (Å²) in [5.41, 5.74) is 0.596. The first-order valence-corrected chi connectivity index (χ1v) is 11.6. The van der Waals surface area contributed by atoms with Gasteiger partial charge in [-0.15, -0.1) is 0 Å². The minimum Gasteiger partial charge on any atom is -0.462 e. The maximum absolute atomic E-state index is 12.4. The lowest BCUT2D eigenvalue weighted by Crippen LogP contribution is -2.13. The average molecular weight is 412 g/mol. The summed E-state index contributed by atoms with van der Waals surface area (Å²) >= 11 is 0. The number of ether oxygens (including phenoxy) is 1. The second-order valence-electron chi connectivity index (χ2n) is 5.92. The van der Waals surface area contributed by atoms with Crippen LogP contribution in [-0.2, 0) is 24.6 Å². The van der Waals surface area contributed by atoms with Crippen molar-refractivity contribution >= 4 is 31.5 Å². The molecule has 0 atom stereocenters. The Morgan fingerprint density at radius 1 is 0.926 bits per heavy atom. The Kier molecular flexibility index (Phi) is 6.61. The molecule has 0 saturated carbocycles. The van der Waals surface area contributed by atoms with Gasteiger partial charge < -0.3 is 4.74 Å². The molecule has 27 heavy (non-hydrogen) atoms. The number of carbonyl (C=O) groups excluding carboxylic acids is 1. The Morgan fingerprint density at radius 2 is 1.48 bits per heavy atom. The van der Waals surface area contributed by atoms with E-state index in [-0.39, 0.29) is 15.5 Å². The van der Waals surface area contributed by atoms with Gasteiger partial charge in [-0.2, -0.15) is 0 Å². The lowest BCUT2D eigenvalue weighted by Gasteiger charge is -2.09. The third-order valence-electron chi connectivity index (χ3n) is 3.67. The third kappa shape index (κ3) is 5.80. The van der Waals surface area contributed by atoms with Crippen molar-refractivity contribution in [3.63, 3.8) is 0 Å². The van der Waals surface area contributed by atoms with Crippen LogP contribution in [0.3, 0.4) is 0 Å². The summed E-state index contributed by atoms with van der Waals surface area (Å²) in [4.78, 5) is 11.8. The van der Waals surface area contributed by atoms with E-state index in [1.54, 1.807) is 0 Å². The van der Waals surface area contributed by atoms with Crippen molar-refractivity contribution in [2.45, 2.75) is 29.6 Å². The summed E-state index contributed by atoms with van der Waals surface area (Å²) in [6.07, 6.45) is 2.74. The van der Waals surface area contributed by atoms with E-state index in [4.69, 9.17) is 4.74 Å². The summed E-state index contributed by atoms with van der Waals surface area (Å²) in [7, 11) is -7.29. The van der Waals surface area contributed by atoms with Crippen molar-refractivity contribution in [1.82, 2.24) is 0 Å². The van der Waals surface area contributed by atoms with Gasteiger partial charge in [-0.1, -0.05) is 13.3 Å². The zero-order valence-corrected chi connectivity index (χ0v) is 16.6. The quantitative estimate of drug-likeness (QED) is 0.529.